The first-order chi connectivity index (χ1) is 12.0. The van der Waals surface area contributed by atoms with Gasteiger partial charge in [-0.15, -0.1) is 0 Å². The minimum atomic E-state index is -1.06. The fraction of sp³-hybridized carbons (Fsp3) is 0.263. The van der Waals surface area contributed by atoms with E-state index in [0.29, 0.717) is 11.5 Å². The predicted molar refractivity (Wildman–Crippen MR) is 89.3 cm³/mol. The minimum Gasteiger partial charge on any atom is -0.497 e. The van der Waals surface area contributed by atoms with Crippen LogP contribution in [0.4, 0.5) is 0 Å². The average Bonchev–Trinajstić information content (AvgIpc) is 2.60. The molecule has 0 radical (unpaired) electrons. The van der Waals surface area contributed by atoms with E-state index in [2.05, 4.69) is 0 Å². The van der Waals surface area contributed by atoms with Gasteiger partial charge in [-0.1, -0.05) is 18.2 Å². The molecule has 6 nitrogen and oxygen atoms in total. The van der Waals surface area contributed by atoms with Crippen LogP contribution in [0.1, 0.15) is 30.4 Å². The number of esters is 1. The largest absolute Gasteiger partial charge is 0.497 e. The summed E-state index contributed by atoms with van der Waals surface area (Å²) in [5.74, 6) is -0.0477. The summed E-state index contributed by atoms with van der Waals surface area (Å²) in [5.41, 5.74) is 1.84. The number of carboxylic acids is 1. The topological polar surface area (TPSA) is 82.1 Å². The second kappa shape index (κ2) is 6.84. The molecule has 0 spiro atoms. The highest BCUT2D eigenvalue weighted by Crippen LogP contribution is 2.40. The van der Waals surface area contributed by atoms with Gasteiger partial charge in [-0.3, -0.25) is 4.79 Å². The molecule has 2 aromatic rings. The van der Waals surface area contributed by atoms with Gasteiger partial charge in [-0.05, 0) is 30.7 Å². The number of hydrogen-bond acceptors (Lipinski definition) is 5. The first-order valence-electron chi connectivity index (χ1n) is 7.86. The highest BCUT2D eigenvalue weighted by Gasteiger charge is 2.29. The zero-order valence-electron chi connectivity index (χ0n) is 13.9. The normalized spacial score (nSPS) is 17.2. The maximum Gasteiger partial charge on any atom is 0.344 e. The Morgan fingerprint density at radius 2 is 1.88 bits per heavy atom. The van der Waals surface area contributed by atoms with Crippen LogP contribution in [0.2, 0.25) is 0 Å². The van der Waals surface area contributed by atoms with Gasteiger partial charge in [0.05, 0.1) is 13.5 Å². The highest BCUT2D eigenvalue weighted by molar-refractivity contribution is 5.78. The molecular formula is C19H18O6. The van der Waals surface area contributed by atoms with E-state index in [1.54, 1.807) is 25.3 Å². The van der Waals surface area contributed by atoms with E-state index in [1.165, 1.54) is 6.92 Å². The van der Waals surface area contributed by atoms with Crippen molar-refractivity contribution in [1.29, 1.82) is 0 Å². The molecule has 3 rings (SSSR count). The summed E-state index contributed by atoms with van der Waals surface area (Å²) in [6.07, 6.45) is -0.750. The molecule has 0 fully saturated rings. The lowest BCUT2D eigenvalue weighted by atomic mass is 9.86. The molecule has 130 valence electrons. The molecule has 1 aliphatic heterocycles. The monoisotopic (exact) mass is 342 g/mol. The number of carbonyl (C=O) groups excluding carboxylic acids is 1. The Bertz CT molecular complexity index is 796. The lowest BCUT2D eigenvalue weighted by molar-refractivity contribution is -0.144. The van der Waals surface area contributed by atoms with Gasteiger partial charge in [-0.2, -0.15) is 0 Å². The van der Waals surface area contributed by atoms with Gasteiger partial charge in [-0.25, -0.2) is 4.79 Å². The van der Waals surface area contributed by atoms with Crippen molar-refractivity contribution in [3.63, 3.8) is 0 Å². The van der Waals surface area contributed by atoms with Crippen LogP contribution in [0.15, 0.2) is 42.5 Å². The quantitative estimate of drug-likeness (QED) is 0.664. The van der Waals surface area contributed by atoms with E-state index >= 15 is 0 Å². The molecule has 0 amide bonds. The second-order valence-electron chi connectivity index (χ2n) is 5.80. The maximum atomic E-state index is 12.0. The first-order valence-corrected chi connectivity index (χ1v) is 7.86. The summed E-state index contributed by atoms with van der Waals surface area (Å²) in [4.78, 5) is 22.9. The molecular weight excluding hydrogens is 324 g/mol. The lowest BCUT2D eigenvalue weighted by Gasteiger charge is -2.25. The van der Waals surface area contributed by atoms with E-state index < -0.39 is 12.1 Å². The Labute approximate surface area is 144 Å². The van der Waals surface area contributed by atoms with Crippen LogP contribution in [0.25, 0.3) is 0 Å². The summed E-state index contributed by atoms with van der Waals surface area (Å²) in [5, 5.41) is 8.94. The Hall–Kier alpha value is -3.02. The van der Waals surface area contributed by atoms with E-state index in [1.807, 2.05) is 24.3 Å². The predicted octanol–water partition coefficient (Wildman–Crippen LogP) is 2.99. The van der Waals surface area contributed by atoms with Crippen molar-refractivity contribution in [3.05, 3.63) is 53.6 Å². The number of ether oxygens (including phenoxy) is 3. The minimum absolute atomic E-state index is 0.131. The van der Waals surface area contributed by atoms with Crippen LogP contribution < -0.4 is 14.2 Å². The van der Waals surface area contributed by atoms with Crippen molar-refractivity contribution in [2.24, 2.45) is 0 Å². The molecule has 0 aromatic heterocycles. The third-order valence-electron chi connectivity index (χ3n) is 4.13. The Kier molecular flexibility index (Phi) is 4.61. The summed E-state index contributed by atoms with van der Waals surface area (Å²) in [7, 11) is 1.60. The summed E-state index contributed by atoms with van der Waals surface area (Å²) < 4.78 is 15.8. The number of aliphatic carboxylic acids is 1. The number of carboxylic acid groups (broad SMARTS) is 1. The van der Waals surface area contributed by atoms with Crippen molar-refractivity contribution in [2.75, 3.05) is 7.11 Å². The van der Waals surface area contributed by atoms with Gasteiger partial charge in [0.25, 0.3) is 0 Å². The number of methoxy groups -OCH3 is 1. The summed E-state index contributed by atoms with van der Waals surface area (Å²) in [6.45, 7) is 1.44. The zero-order chi connectivity index (χ0) is 18.0. The van der Waals surface area contributed by atoms with Gasteiger partial charge in [0.1, 0.15) is 17.2 Å². The number of benzene rings is 2. The number of carbonyl (C=O) groups is 2. The van der Waals surface area contributed by atoms with Crippen LogP contribution in [0, 0.1) is 0 Å². The fourth-order valence-corrected chi connectivity index (χ4v) is 2.79. The molecule has 0 saturated carbocycles. The summed E-state index contributed by atoms with van der Waals surface area (Å²) >= 11 is 0. The van der Waals surface area contributed by atoms with Crippen LogP contribution in [0.3, 0.4) is 0 Å². The van der Waals surface area contributed by atoms with Gasteiger partial charge in [0, 0.05) is 17.5 Å². The van der Waals surface area contributed by atoms with Crippen LogP contribution in [-0.4, -0.2) is 30.3 Å². The number of hydrogen-bond donors (Lipinski definition) is 1. The molecule has 2 atom stereocenters. The van der Waals surface area contributed by atoms with Gasteiger partial charge in [0.15, 0.2) is 6.10 Å². The van der Waals surface area contributed by atoms with Crippen LogP contribution in [-0.2, 0) is 9.59 Å². The van der Waals surface area contributed by atoms with Crippen molar-refractivity contribution in [3.8, 4) is 17.2 Å². The van der Waals surface area contributed by atoms with E-state index in [4.69, 9.17) is 19.3 Å². The fourth-order valence-electron chi connectivity index (χ4n) is 2.79. The maximum absolute atomic E-state index is 12.0. The van der Waals surface area contributed by atoms with Crippen LogP contribution >= 0.6 is 0 Å². The van der Waals surface area contributed by atoms with E-state index in [0.717, 1.165) is 16.9 Å². The smallest absolute Gasteiger partial charge is 0.344 e. The Balaban J connectivity index is 1.92. The SMILES string of the molecule is COc1ccc(C2CC(=O)Oc3cc(OC(C)C(=O)O)ccc32)cc1. The van der Waals surface area contributed by atoms with Gasteiger partial charge < -0.3 is 19.3 Å². The highest BCUT2D eigenvalue weighted by atomic mass is 16.5. The molecule has 25 heavy (non-hydrogen) atoms. The standard InChI is InChI=1S/C19H18O6/c1-11(19(21)22)24-14-7-8-15-16(10-18(20)25-17(15)9-14)12-3-5-13(23-2)6-4-12/h3-9,11,16H,10H2,1-2H3,(H,21,22). The second-order valence-corrected chi connectivity index (χ2v) is 5.80. The lowest BCUT2D eigenvalue weighted by Crippen LogP contribution is -2.24. The molecule has 0 bridgehead atoms. The molecule has 1 aliphatic rings. The molecule has 1 heterocycles. The third-order valence-corrected chi connectivity index (χ3v) is 4.13. The summed E-state index contributed by atoms with van der Waals surface area (Å²) in [6, 6.07) is 12.6. The molecule has 2 aromatic carbocycles. The number of rotatable bonds is 5. The van der Waals surface area contributed by atoms with Crippen molar-refractivity contribution in [1.82, 2.24) is 0 Å². The van der Waals surface area contributed by atoms with Gasteiger partial charge in [0.2, 0.25) is 0 Å². The van der Waals surface area contributed by atoms with Crippen molar-refractivity contribution in [2.45, 2.75) is 25.4 Å². The molecule has 1 N–H and O–H groups in total. The molecule has 0 saturated heterocycles. The molecule has 6 heteroatoms. The number of fused-ring (bicyclic) bond motifs is 1. The van der Waals surface area contributed by atoms with Crippen LogP contribution in [0.5, 0.6) is 17.2 Å². The molecule has 2 unspecified atom stereocenters. The van der Waals surface area contributed by atoms with Gasteiger partial charge >= 0.3 is 11.9 Å². The Morgan fingerprint density at radius 1 is 1.20 bits per heavy atom. The zero-order valence-corrected chi connectivity index (χ0v) is 13.9. The van der Waals surface area contributed by atoms with E-state index in [-0.39, 0.29) is 18.3 Å². The first kappa shape index (κ1) is 16.8. The van der Waals surface area contributed by atoms with Crippen molar-refractivity contribution >= 4 is 11.9 Å². The average molecular weight is 342 g/mol. The van der Waals surface area contributed by atoms with Crippen molar-refractivity contribution < 1.29 is 28.9 Å². The van der Waals surface area contributed by atoms with E-state index in [9.17, 15) is 9.59 Å². The third kappa shape index (κ3) is 3.57. The molecule has 0 aliphatic carbocycles. The Morgan fingerprint density at radius 3 is 2.52 bits per heavy atom.